The predicted molar refractivity (Wildman–Crippen MR) is 68.9 cm³/mol. The number of amides is 2. The van der Waals surface area contributed by atoms with Crippen molar-refractivity contribution in [1.29, 1.82) is 0 Å². The highest BCUT2D eigenvalue weighted by atomic mass is 16.5. The molecule has 6 heteroatoms. The second-order valence-corrected chi connectivity index (χ2v) is 5.58. The van der Waals surface area contributed by atoms with Gasteiger partial charge < -0.3 is 20.5 Å². The first-order valence-electron chi connectivity index (χ1n) is 6.94. The summed E-state index contributed by atoms with van der Waals surface area (Å²) in [7, 11) is 0. The van der Waals surface area contributed by atoms with Gasteiger partial charge in [0, 0.05) is 6.61 Å². The fourth-order valence-electron chi connectivity index (χ4n) is 2.98. The molecule has 2 aliphatic rings. The maximum atomic E-state index is 12.0. The second kappa shape index (κ2) is 5.77. The number of ether oxygens (including phenoxy) is 1. The minimum absolute atomic E-state index is 0.00950. The first kappa shape index (κ1) is 14.1. The zero-order chi connectivity index (χ0) is 13.9. The number of hydrogen-bond acceptors (Lipinski definition) is 3. The lowest BCUT2D eigenvalue weighted by molar-refractivity contribution is -0.148. The summed E-state index contributed by atoms with van der Waals surface area (Å²) in [5.74, 6) is -0.984. The lowest BCUT2D eigenvalue weighted by atomic mass is 9.73. The maximum Gasteiger partial charge on any atom is 0.329 e. The standard InChI is InChI=1S/C13H22N2O4/c1-9-4-2-3-6-13(9,11(16)17)15-12(18)14-10-5-7-19-8-10/h9-10H,2-8H2,1H3,(H,16,17)(H2,14,15,18). The van der Waals surface area contributed by atoms with E-state index in [-0.39, 0.29) is 12.0 Å². The Morgan fingerprint density at radius 1 is 1.32 bits per heavy atom. The van der Waals surface area contributed by atoms with Crippen LogP contribution in [0.5, 0.6) is 0 Å². The van der Waals surface area contributed by atoms with Crippen LogP contribution in [0.1, 0.15) is 39.0 Å². The predicted octanol–water partition coefficient (Wildman–Crippen LogP) is 1.11. The van der Waals surface area contributed by atoms with Crippen molar-refractivity contribution in [3.63, 3.8) is 0 Å². The molecule has 1 heterocycles. The topological polar surface area (TPSA) is 87.7 Å². The molecule has 1 saturated heterocycles. The van der Waals surface area contributed by atoms with Crippen molar-refractivity contribution in [3.05, 3.63) is 0 Å². The smallest absolute Gasteiger partial charge is 0.329 e. The van der Waals surface area contributed by atoms with Gasteiger partial charge in [-0.3, -0.25) is 0 Å². The lowest BCUT2D eigenvalue weighted by Gasteiger charge is -2.39. The molecule has 3 atom stereocenters. The Morgan fingerprint density at radius 3 is 2.68 bits per heavy atom. The molecule has 108 valence electrons. The Bertz CT molecular complexity index is 355. The van der Waals surface area contributed by atoms with Crippen molar-refractivity contribution < 1.29 is 19.4 Å². The monoisotopic (exact) mass is 270 g/mol. The van der Waals surface area contributed by atoms with Gasteiger partial charge in [-0.15, -0.1) is 0 Å². The maximum absolute atomic E-state index is 12.0. The molecule has 0 bridgehead atoms. The van der Waals surface area contributed by atoms with Crippen molar-refractivity contribution in [2.24, 2.45) is 5.92 Å². The molecule has 0 radical (unpaired) electrons. The van der Waals surface area contributed by atoms with Gasteiger partial charge in [0.1, 0.15) is 5.54 Å². The lowest BCUT2D eigenvalue weighted by Crippen LogP contribution is -2.62. The highest BCUT2D eigenvalue weighted by Gasteiger charge is 2.46. The quantitative estimate of drug-likeness (QED) is 0.717. The first-order chi connectivity index (χ1) is 9.04. The number of carboxylic acids is 1. The number of carboxylic acid groups (broad SMARTS) is 1. The second-order valence-electron chi connectivity index (χ2n) is 5.58. The molecule has 3 unspecified atom stereocenters. The summed E-state index contributed by atoms with van der Waals surface area (Å²) in [5, 5.41) is 15.0. The van der Waals surface area contributed by atoms with Crippen molar-refractivity contribution >= 4 is 12.0 Å². The van der Waals surface area contributed by atoms with Gasteiger partial charge in [0.25, 0.3) is 0 Å². The van der Waals surface area contributed by atoms with Crippen LogP contribution in [0.4, 0.5) is 4.79 Å². The first-order valence-corrected chi connectivity index (χ1v) is 6.94. The number of carbonyl (C=O) groups is 2. The Morgan fingerprint density at radius 2 is 2.11 bits per heavy atom. The van der Waals surface area contributed by atoms with E-state index in [0.29, 0.717) is 19.6 Å². The summed E-state index contributed by atoms with van der Waals surface area (Å²) >= 11 is 0. The molecule has 1 saturated carbocycles. The zero-order valence-corrected chi connectivity index (χ0v) is 11.3. The Kier molecular flexibility index (Phi) is 4.29. The van der Waals surface area contributed by atoms with E-state index in [1.807, 2.05) is 6.92 Å². The fraction of sp³-hybridized carbons (Fsp3) is 0.846. The van der Waals surface area contributed by atoms with Crippen LogP contribution in [0.2, 0.25) is 0 Å². The molecule has 0 aromatic carbocycles. The third kappa shape index (κ3) is 3.00. The molecule has 1 aliphatic carbocycles. The van der Waals surface area contributed by atoms with Gasteiger partial charge in [0.2, 0.25) is 0 Å². The molecule has 0 aromatic heterocycles. The summed E-state index contributed by atoms with van der Waals surface area (Å²) in [6, 6.07) is -0.406. The molecular formula is C13H22N2O4. The van der Waals surface area contributed by atoms with Crippen LogP contribution >= 0.6 is 0 Å². The van der Waals surface area contributed by atoms with Crippen LogP contribution < -0.4 is 10.6 Å². The molecule has 0 aromatic rings. The van der Waals surface area contributed by atoms with E-state index in [0.717, 1.165) is 25.7 Å². The number of hydrogen-bond donors (Lipinski definition) is 3. The number of aliphatic carboxylic acids is 1. The minimum Gasteiger partial charge on any atom is -0.479 e. The van der Waals surface area contributed by atoms with Crippen molar-refractivity contribution in [2.75, 3.05) is 13.2 Å². The summed E-state index contributed by atoms with van der Waals surface area (Å²) in [5.41, 5.74) is -1.12. The summed E-state index contributed by atoms with van der Waals surface area (Å²) in [6.45, 7) is 3.04. The van der Waals surface area contributed by atoms with E-state index >= 15 is 0 Å². The molecule has 1 aliphatic heterocycles. The SMILES string of the molecule is CC1CCCCC1(NC(=O)NC1CCOC1)C(=O)O. The average molecular weight is 270 g/mol. The van der Waals surface area contributed by atoms with Crippen LogP contribution in [-0.2, 0) is 9.53 Å². The van der Waals surface area contributed by atoms with E-state index in [9.17, 15) is 14.7 Å². The van der Waals surface area contributed by atoms with Crippen LogP contribution in [0.25, 0.3) is 0 Å². The van der Waals surface area contributed by atoms with E-state index in [4.69, 9.17) is 4.74 Å². The van der Waals surface area contributed by atoms with Gasteiger partial charge in [0.15, 0.2) is 0 Å². The van der Waals surface area contributed by atoms with Crippen molar-refractivity contribution in [1.82, 2.24) is 10.6 Å². The van der Waals surface area contributed by atoms with Crippen molar-refractivity contribution in [3.8, 4) is 0 Å². The Labute approximate surface area is 112 Å². The van der Waals surface area contributed by atoms with Gasteiger partial charge in [-0.2, -0.15) is 0 Å². The highest BCUT2D eigenvalue weighted by Crippen LogP contribution is 2.33. The molecule has 0 spiro atoms. The van der Waals surface area contributed by atoms with E-state index in [2.05, 4.69) is 10.6 Å². The summed E-state index contributed by atoms with van der Waals surface area (Å²) in [6.07, 6.45) is 3.97. The van der Waals surface area contributed by atoms with Crippen LogP contribution in [-0.4, -0.2) is 41.9 Å². The van der Waals surface area contributed by atoms with Gasteiger partial charge in [0.05, 0.1) is 12.6 Å². The third-order valence-corrected chi connectivity index (χ3v) is 4.28. The third-order valence-electron chi connectivity index (χ3n) is 4.28. The molecule has 3 N–H and O–H groups in total. The molecule has 2 amide bonds. The zero-order valence-electron chi connectivity index (χ0n) is 11.3. The molecule has 6 nitrogen and oxygen atoms in total. The summed E-state index contributed by atoms with van der Waals surface area (Å²) < 4.78 is 5.18. The van der Waals surface area contributed by atoms with Crippen LogP contribution in [0.15, 0.2) is 0 Å². The average Bonchev–Trinajstić information content (AvgIpc) is 2.84. The van der Waals surface area contributed by atoms with Gasteiger partial charge in [-0.25, -0.2) is 9.59 Å². The number of carbonyl (C=O) groups excluding carboxylic acids is 1. The van der Waals surface area contributed by atoms with E-state index in [1.165, 1.54) is 0 Å². The fourth-order valence-corrected chi connectivity index (χ4v) is 2.98. The van der Waals surface area contributed by atoms with Crippen molar-refractivity contribution in [2.45, 2.75) is 50.6 Å². The molecule has 2 rings (SSSR count). The van der Waals surface area contributed by atoms with Crippen LogP contribution in [0.3, 0.4) is 0 Å². The molecule has 19 heavy (non-hydrogen) atoms. The van der Waals surface area contributed by atoms with E-state index in [1.54, 1.807) is 0 Å². The Balaban J connectivity index is 1.99. The van der Waals surface area contributed by atoms with Gasteiger partial charge in [-0.1, -0.05) is 19.8 Å². The van der Waals surface area contributed by atoms with Gasteiger partial charge >= 0.3 is 12.0 Å². The number of nitrogens with one attached hydrogen (secondary N) is 2. The van der Waals surface area contributed by atoms with Gasteiger partial charge in [-0.05, 0) is 25.2 Å². The summed E-state index contributed by atoms with van der Waals surface area (Å²) in [4.78, 5) is 23.6. The minimum atomic E-state index is -1.12. The Hall–Kier alpha value is -1.30. The number of rotatable bonds is 3. The largest absolute Gasteiger partial charge is 0.479 e. The highest BCUT2D eigenvalue weighted by molar-refractivity contribution is 5.86. The van der Waals surface area contributed by atoms with E-state index < -0.39 is 17.5 Å². The molecule has 2 fully saturated rings. The normalized spacial score (nSPS) is 34.8. The molecular weight excluding hydrogens is 248 g/mol. The number of urea groups is 1. The van der Waals surface area contributed by atoms with Crippen LogP contribution in [0, 0.1) is 5.92 Å².